The Morgan fingerprint density at radius 3 is 2.62 bits per heavy atom. The summed E-state index contributed by atoms with van der Waals surface area (Å²) in [5.74, 6) is -0.757. The fraction of sp³-hybridized carbons (Fsp3) is 0.200. The van der Waals surface area contributed by atoms with Crippen LogP contribution in [-0.2, 0) is 4.79 Å². The van der Waals surface area contributed by atoms with Crippen molar-refractivity contribution in [1.82, 2.24) is 19.9 Å². The normalized spacial score (nSPS) is 10.6. The Kier molecular flexibility index (Phi) is 6.85. The van der Waals surface area contributed by atoms with Gasteiger partial charge in [-0.15, -0.1) is 5.10 Å². The van der Waals surface area contributed by atoms with E-state index in [1.54, 1.807) is 18.2 Å². The van der Waals surface area contributed by atoms with Crippen molar-refractivity contribution in [2.45, 2.75) is 13.3 Å². The summed E-state index contributed by atoms with van der Waals surface area (Å²) in [4.78, 5) is 28.1. The molecule has 150 valence electrons. The van der Waals surface area contributed by atoms with Crippen LogP contribution in [0.3, 0.4) is 0 Å². The molecule has 2 aromatic carbocycles. The molecule has 0 saturated heterocycles. The minimum absolute atomic E-state index is 0.145. The van der Waals surface area contributed by atoms with Crippen LogP contribution in [0.4, 0.5) is 5.69 Å². The van der Waals surface area contributed by atoms with Gasteiger partial charge in [0.25, 0.3) is 5.91 Å². The van der Waals surface area contributed by atoms with Gasteiger partial charge in [-0.3, -0.25) is 9.59 Å². The van der Waals surface area contributed by atoms with Crippen molar-refractivity contribution in [3.63, 3.8) is 0 Å². The molecule has 9 heteroatoms. The molecule has 0 aliphatic heterocycles. The van der Waals surface area contributed by atoms with Crippen molar-refractivity contribution >= 4 is 40.7 Å². The molecule has 1 aromatic heterocycles. The van der Waals surface area contributed by atoms with E-state index in [0.717, 1.165) is 5.69 Å². The summed E-state index contributed by atoms with van der Waals surface area (Å²) >= 11 is 12.0. The van der Waals surface area contributed by atoms with E-state index < -0.39 is 0 Å². The van der Waals surface area contributed by atoms with Gasteiger partial charge in [-0.2, -0.15) is 9.90 Å². The van der Waals surface area contributed by atoms with Crippen LogP contribution >= 0.6 is 23.2 Å². The monoisotopic (exact) mass is 431 g/mol. The molecule has 0 radical (unpaired) electrons. The van der Waals surface area contributed by atoms with Crippen LogP contribution in [0.2, 0.25) is 10.0 Å². The lowest BCUT2D eigenvalue weighted by molar-refractivity contribution is -0.116. The molecule has 1 N–H and O–H groups in total. The average molecular weight is 432 g/mol. The molecule has 29 heavy (non-hydrogen) atoms. The highest BCUT2D eigenvalue weighted by atomic mass is 35.5. The van der Waals surface area contributed by atoms with Gasteiger partial charge in [-0.1, -0.05) is 48.3 Å². The molecule has 0 unspecified atom stereocenters. The lowest BCUT2D eigenvalue weighted by atomic mass is 10.3. The summed E-state index contributed by atoms with van der Waals surface area (Å²) < 4.78 is 0. The number of anilines is 1. The number of amides is 2. The zero-order chi connectivity index (χ0) is 20.8. The molecule has 2 amide bonds. The number of hydrogen-bond donors (Lipinski definition) is 1. The van der Waals surface area contributed by atoms with Crippen LogP contribution in [0.15, 0.2) is 54.7 Å². The largest absolute Gasteiger partial charge is 0.328 e. The highest BCUT2D eigenvalue weighted by Crippen LogP contribution is 2.25. The number of nitrogens with zero attached hydrogens (tertiary/aromatic N) is 4. The number of benzene rings is 2. The van der Waals surface area contributed by atoms with E-state index in [1.165, 1.54) is 15.9 Å². The Morgan fingerprint density at radius 2 is 1.90 bits per heavy atom. The molecular weight excluding hydrogens is 413 g/mol. The van der Waals surface area contributed by atoms with Gasteiger partial charge in [0.2, 0.25) is 5.91 Å². The van der Waals surface area contributed by atoms with Crippen LogP contribution < -0.4 is 5.32 Å². The van der Waals surface area contributed by atoms with Crippen LogP contribution in [0, 0.1) is 0 Å². The highest BCUT2D eigenvalue weighted by Gasteiger charge is 2.21. The van der Waals surface area contributed by atoms with E-state index in [1.807, 2.05) is 37.3 Å². The molecule has 0 atom stereocenters. The van der Waals surface area contributed by atoms with Gasteiger partial charge in [0.1, 0.15) is 6.54 Å². The first-order chi connectivity index (χ1) is 14.0. The number of nitrogens with one attached hydrogen (secondary N) is 1. The van der Waals surface area contributed by atoms with Gasteiger partial charge >= 0.3 is 0 Å². The summed E-state index contributed by atoms with van der Waals surface area (Å²) in [7, 11) is 0. The smallest absolute Gasteiger partial charge is 0.276 e. The predicted molar refractivity (Wildman–Crippen MR) is 113 cm³/mol. The van der Waals surface area contributed by atoms with Gasteiger partial charge in [0.05, 0.1) is 22.6 Å². The van der Waals surface area contributed by atoms with Crippen LogP contribution in [-0.4, -0.2) is 44.8 Å². The number of aromatic nitrogens is 3. The van der Waals surface area contributed by atoms with Gasteiger partial charge in [-0.25, -0.2) is 0 Å². The maximum Gasteiger partial charge on any atom is 0.276 e. The topological polar surface area (TPSA) is 80.1 Å². The van der Waals surface area contributed by atoms with E-state index in [-0.39, 0.29) is 24.1 Å². The van der Waals surface area contributed by atoms with Crippen LogP contribution in [0.5, 0.6) is 0 Å². The lowest BCUT2D eigenvalue weighted by Gasteiger charge is -2.20. The minimum atomic E-state index is -0.383. The SMILES string of the molecule is CCCN(CC(=O)Nc1cc(Cl)ccc1Cl)C(=O)c1cnn(-c2ccccc2)n1. The third-order valence-corrected chi connectivity index (χ3v) is 4.58. The molecule has 0 spiro atoms. The van der Waals surface area contributed by atoms with E-state index in [9.17, 15) is 9.59 Å². The van der Waals surface area contributed by atoms with Crippen molar-refractivity contribution in [2.24, 2.45) is 0 Å². The number of para-hydroxylation sites is 1. The molecule has 0 aliphatic carbocycles. The Labute approximate surface area is 178 Å². The molecule has 1 heterocycles. The van der Waals surface area contributed by atoms with E-state index in [2.05, 4.69) is 15.5 Å². The molecule has 7 nitrogen and oxygen atoms in total. The molecule has 0 fully saturated rings. The molecule has 0 bridgehead atoms. The molecule has 3 aromatic rings. The number of carbonyl (C=O) groups is 2. The second-order valence-corrected chi connectivity index (χ2v) is 7.10. The first-order valence-electron chi connectivity index (χ1n) is 9.00. The zero-order valence-corrected chi connectivity index (χ0v) is 17.2. The van der Waals surface area contributed by atoms with Crippen molar-refractivity contribution in [2.75, 3.05) is 18.4 Å². The fourth-order valence-electron chi connectivity index (χ4n) is 2.69. The quantitative estimate of drug-likeness (QED) is 0.611. The summed E-state index contributed by atoms with van der Waals surface area (Å²) in [5.41, 5.74) is 1.29. The molecule has 0 aliphatic rings. The average Bonchev–Trinajstić information content (AvgIpc) is 3.21. The number of rotatable bonds is 7. The summed E-state index contributed by atoms with van der Waals surface area (Å²) in [6.45, 7) is 2.17. The number of hydrogen-bond acceptors (Lipinski definition) is 4. The maximum atomic E-state index is 12.9. The zero-order valence-electron chi connectivity index (χ0n) is 15.7. The first-order valence-corrected chi connectivity index (χ1v) is 9.75. The summed E-state index contributed by atoms with van der Waals surface area (Å²) in [6.07, 6.45) is 2.08. The van der Waals surface area contributed by atoms with E-state index in [4.69, 9.17) is 23.2 Å². The summed E-state index contributed by atoms with van der Waals surface area (Å²) in [5, 5.41) is 11.9. The first kappa shape index (κ1) is 20.8. The van der Waals surface area contributed by atoms with Crippen LogP contribution in [0.1, 0.15) is 23.8 Å². The number of halogens is 2. The second kappa shape index (κ2) is 9.54. The maximum absolute atomic E-state index is 12.9. The third kappa shape index (κ3) is 5.34. The van der Waals surface area contributed by atoms with Crippen LogP contribution in [0.25, 0.3) is 5.69 Å². The lowest BCUT2D eigenvalue weighted by Crippen LogP contribution is -2.38. The Hall–Kier alpha value is -2.90. The van der Waals surface area contributed by atoms with Gasteiger partial charge < -0.3 is 10.2 Å². The van der Waals surface area contributed by atoms with Gasteiger partial charge in [0, 0.05) is 11.6 Å². The molecule has 0 saturated carbocycles. The third-order valence-electron chi connectivity index (χ3n) is 4.02. The van der Waals surface area contributed by atoms with Crippen molar-refractivity contribution in [1.29, 1.82) is 0 Å². The van der Waals surface area contributed by atoms with Crippen molar-refractivity contribution in [3.05, 3.63) is 70.5 Å². The van der Waals surface area contributed by atoms with E-state index in [0.29, 0.717) is 28.7 Å². The Morgan fingerprint density at radius 1 is 1.14 bits per heavy atom. The minimum Gasteiger partial charge on any atom is -0.328 e. The molecule has 3 rings (SSSR count). The highest BCUT2D eigenvalue weighted by molar-refractivity contribution is 6.35. The van der Waals surface area contributed by atoms with Crippen molar-refractivity contribution in [3.8, 4) is 5.69 Å². The number of carbonyl (C=O) groups excluding carboxylic acids is 2. The Bertz CT molecular complexity index is 1010. The standard InChI is InChI=1S/C20H19Cl2N5O2/c1-2-10-26(13-19(28)24-17-11-14(21)8-9-16(17)22)20(29)18-12-23-27(25-18)15-6-4-3-5-7-15/h3-9,11-12H,2,10,13H2,1H3,(H,24,28). The van der Waals surface area contributed by atoms with E-state index >= 15 is 0 Å². The molecular formula is C20H19Cl2N5O2. The Balaban J connectivity index is 1.72. The summed E-state index contributed by atoms with van der Waals surface area (Å²) in [6, 6.07) is 14.0. The fourth-order valence-corrected chi connectivity index (χ4v) is 3.02. The van der Waals surface area contributed by atoms with Gasteiger partial charge in [0.15, 0.2) is 5.69 Å². The van der Waals surface area contributed by atoms with Gasteiger partial charge in [-0.05, 0) is 36.8 Å². The van der Waals surface area contributed by atoms with Crippen molar-refractivity contribution < 1.29 is 9.59 Å². The predicted octanol–water partition coefficient (Wildman–Crippen LogP) is 4.07. The second-order valence-electron chi connectivity index (χ2n) is 6.25.